The van der Waals surface area contributed by atoms with Gasteiger partial charge in [0.2, 0.25) is 0 Å². The van der Waals surface area contributed by atoms with Crippen LogP contribution in [0.25, 0.3) is 0 Å². The van der Waals surface area contributed by atoms with E-state index in [4.69, 9.17) is 11.0 Å². The summed E-state index contributed by atoms with van der Waals surface area (Å²) in [5.74, 6) is 0.801. The van der Waals surface area contributed by atoms with Crippen LogP contribution >= 0.6 is 0 Å². The lowest BCUT2D eigenvalue weighted by Crippen LogP contribution is -2.36. The average Bonchev–Trinajstić information content (AvgIpc) is 2.76. The summed E-state index contributed by atoms with van der Waals surface area (Å²) < 4.78 is 0. The van der Waals surface area contributed by atoms with E-state index in [1.54, 1.807) is 0 Å². The molecule has 1 saturated heterocycles. The van der Waals surface area contributed by atoms with Crippen LogP contribution in [-0.2, 0) is 0 Å². The molecule has 1 unspecified atom stereocenters. The van der Waals surface area contributed by atoms with Crippen molar-refractivity contribution in [1.82, 2.24) is 4.98 Å². The molecule has 84 valence electrons. The van der Waals surface area contributed by atoms with Gasteiger partial charge in [0.15, 0.2) is 0 Å². The van der Waals surface area contributed by atoms with Crippen molar-refractivity contribution in [3.05, 3.63) is 23.4 Å². The van der Waals surface area contributed by atoms with E-state index >= 15 is 0 Å². The van der Waals surface area contributed by atoms with Gasteiger partial charge < -0.3 is 10.6 Å². The molecule has 0 aliphatic carbocycles. The topological polar surface area (TPSA) is 65.9 Å². The van der Waals surface area contributed by atoms with Gasteiger partial charge >= 0.3 is 0 Å². The molecule has 0 aromatic carbocycles. The maximum Gasteiger partial charge on any atom is 0.147 e. The summed E-state index contributed by atoms with van der Waals surface area (Å²) in [6.07, 6.45) is 2.22. The van der Waals surface area contributed by atoms with Gasteiger partial charge in [0.1, 0.15) is 11.9 Å². The maximum atomic E-state index is 9.08. The summed E-state index contributed by atoms with van der Waals surface area (Å²) in [6.45, 7) is 3.52. The second kappa shape index (κ2) is 4.50. The Morgan fingerprint density at radius 2 is 2.44 bits per heavy atom. The lowest BCUT2D eigenvalue weighted by atomic mass is 10.2. The standard InChI is InChI=1S/C12H16N4/c1-9-4-5-10(7-13)12(15-9)16-6-2-3-11(16)8-14/h4-5,11H,2-3,6,8,14H2,1H3. The molecule has 1 fully saturated rings. The van der Waals surface area contributed by atoms with Crippen LogP contribution in [0, 0.1) is 18.3 Å². The summed E-state index contributed by atoms with van der Waals surface area (Å²) in [4.78, 5) is 6.64. The van der Waals surface area contributed by atoms with Crippen molar-refractivity contribution < 1.29 is 0 Å². The zero-order valence-corrected chi connectivity index (χ0v) is 9.48. The molecule has 4 heteroatoms. The predicted octanol–water partition coefficient (Wildman–Crippen LogP) is 1.19. The molecule has 0 amide bonds. The Bertz CT molecular complexity index is 422. The Morgan fingerprint density at radius 3 is 3.12 bits per heavy atom. The number of anilines is 1. The first kappa shape index (κ1) is 10.9. The van der Waals surface area contributed by atoms with Gasteiger partial charge in [-0.1, -0.05) is 0 Å². The second-order valence-corrected chi connectivity index (χ2v) is 4.16. The molecule has 2 N–H and O–H groups in total. The zero-order valence-electron chi connectivity index (χ0n) is 9.48. The minimum absolute atomic E-state index is 0.335. The highest BCUT2D eigenvalue weighted by Gasteiger charge is 2.26. The first-order valence-electron chi connectivity index (χ1n) is 5.60. The minimum atomic E-state index is 0.335. The third-order valence-electron chi connectivity index (χ3n) is 3.06. The Labute approximate surface area is 95.7 Å². The van der Waals surface area contributed by atoms with Gasteiger partial charge in [-0.3, -0.25) is 0 Å². The number of aryl methyl sites for hydroxylation is 1. The fourth-order valence-corrected chi connectivity index (χ4v) is 2.21. The molecule has 0 saturated carbocycles. The van der Waals surface area contributed by atoms with Crippen LogP contribution in [0.2, 0.25) is 0 Å². The smallest absolute Gasteiger partial charge is 0.147 e. The molecule has 0 spiro atoms. The molecular formula is C12H16N4. The largest absolute Gasteiger partial charge is 0.351 e. The molecular weight excluding hydrogens is 200 g/mol. The average molecular weight is 216 g/mol. The molecule has 1 aliphatic rings. The highest BCUT2D eigenvalue weighted by atomic mass is 15.2. The van der Waals surface area contributed by atoms with Gasteiger partial charge in [-0.15, -0.1) is 0 Å². The number of hydrogen-bond acceptors (Lipinski definition) is 4. The van der Waals surface area contributed by atoms with Crippen LogP contribution < -0.4 is 10.6 Å². The Kier molecular flexibility index (Phi) is 3.07. The van der Waals surface area contributed by atoms with Crippen LogP contribution in [0.5, 0.6) is 0 Å². The molecule has 0 bridgehead atoms. The quantitative estimate of drug-likeness (QED) is 0.806. The Hall–Kier alpha value is -1.60. The van der Waals surface area contributed by atoms with E-state index in [2.05, 4.69) is 16.0 Å². The molecule has 2 heterocycles. The SMILES string of the molecule is Cc1ccc(C#N)c(N2CCCC2CN)n1. The summed E-state index contributed by atoms with van der Waals surface area (Å²) in [5, 5.41) is 9.08. The first-order chi connectivity index (χ1) is 7.76. The van der Waals surface area contributed by atoms with E-state index in [0.717, 1.165) is 30.9 Å². The summed E-state index contributed by atoms with van der Waals surface area (Å²) in [5.41, 5.74) is 7.32. The number of hydrogen-bond donors (Lipinski definition) is 1. The van der Waals surface area contributed by atoms with Crippen molar-refractivity contribution in [1.29, 1.82) is 5.26 Å². The first-order valence-corrected chi connectivity index (χ1v) is 5.60. The van der Waals surface area contributed by atoms with Gasteiger partial charge in [-0.05, 0) is 31.9 Å². The van der Waals surface area contributed by atoms with E-state index in [1.807, 2.05) is 19.1 Å². The van der Waals surface area contributed by atoms with Gasteiger partial charge in [0, 0.05) is 24.8 Å². The molecule has 1 aromatic heterocycles. The van der Waals surface area contributed by atoms with Gasteiger partial charge in [-0.25, -0.2) is 4.98 Å². The lowest BCUT2D eigenvalue weighted by Gasteiger charge is -2.25. The van der Waals surface area contributed by atoms with Crippen molar-refractivity contribution in [3.8, 4) is 6.07 Å². The highest BCUT2D eigenvalue weighted by molar-refractivity contribution is 5.55. The third-order valence-corrected chi connectivity index (χ3v) is 3.06. The molecule has 4 nitrogen and oxygen atoms in total. The van der Waals surface area contributed by atoms with Crippen LogP contribution in [0.3, 0.4) is 0 Å². The fraction of sp³-hybridized carbons (Fsp3) is 0.500. The van der Waals surface area contributed by atoms with E-state index in [-0.39, 0.29) is 0 Å². The van der Waals surface area contributed by atoms with Gasteiger partial charge in [0.05, 0.1) is 5.56 Å². The molecule has 1 aromatic rings. The third kappa shape index (κ3) is 1.86. The number of pyridine rings is 1. The Balaban J connectivity index is 2.39. The van der Waals surface area contributed by atoms with Crippen LogP contribution in [-0.4, -0.2) is 24.1 Å². The van der Waals surface area contributed by atoms with Crippen molar-refractivity contribution in [2.75, 3.05) is 18.0 Å². The molecule has 1 aliphatic heterocycles. The number of aromatic nitrogens is 1. The van der Waals surface area contributed by atoms with Crippen LogP contribution in [0.1, 0.15) is 24.1 Å². The van der Waals surface area contributed by atoms with E-state index in [0.29, 0.717) is 18.2 Å². The maximum absolute atomic E-state index is 9.08. The van der Waals surface area contributed by atoms with Gasteiger partial charge in [0.25, 0.3) is 0 Å². The number of nitriles is 1. The van der Waals surface area contributed by atoms with Gasteiger partial charge in [-0.2, -0.15) is 5.26 Å². The van der Waals surface area contributed by atoms with Crippen molar-refractivity contribution in [3.63, 3.8) is 0 Å². The summed E-state index contributed by atoms with van der Waals surface area (Å²) in [6, 6.07) is 6.24. The minimum Gasteiger partial charge on any atom is -0.351 e. The summed E-state index contributed by atoms with van der Waals surface area (Å²) >= 11 is 0. The molecule has 2 rings (SSSR count). The summed E-state index contributed by atoms with van der Waals surface area (Å²) in [7, 11) is 0. The highest BCUT2D eigenvalue weighted by Crippen LogP contribution is 2.26. The van der Waals surface area contributed by atoms with Crippen LogP contribution in [0.15, 0.2) is 12.1 Å². The lowest BCUT2D eigenvalue weighted by molar-refractivity contribution is 0.670. The molecule has 16 heavy (non-hydrogen) atoms. The van der Waals surface area contributed by atoms with E-state index in [1.165, 1.54) is 0 Å². The Morgan fingerprint density at radius 1 is 1.62 bits per heavy atom. The predicted molar refractivity (Wildman–Crippen MR) is 63.1 cm³/mol. The monoisotopic (exact) mass is 216 g/mol. The van der Waals surface area contributed by atoms with Crippen molar-refractivity contribution in [2.45, 2.75) is 25.8 Å². The normalized spacial score (nSPS) is 19.8. The zero-order chi connectivity index (χ0) is 11.5. The molecule has 1 atom stereocenters. The van der Waals surface area contributed by atoms with Crippen molar-refractivity contribution >= 4 is 5.82 Å². The fourth-order valence-electron chi connectivity index (χ4n) is 2.21. The van der Waals surface area contributed by atoms with Crippen molar-refractivity contribution in [2.24, 2.45) is 5.73 Å². The second-order valence-electron chi connectivity index (χ2n) is 4.16. The molecule has 0 radical (unpaired) electrons. The van der Waals surface area contributed by atoms with E-state index < -0.39 is 0 Å². The number of nitrogens with zero attached hydrogens (tertiary/aromatic N) is 3. The van der Waals surface area contributed by atoms with E-state index in [9.17, 15) is 0 Å². The number of rotatable bonds is 2. The van der Waals surface area contributed by atoms with Crippen LogP contribution in [0.4, 0.5) is 5.82 Å². The number of nitrogens with two attached hydrogens (primary N) is 1.